The van der Waals surface area contributed by atoms with Crippen LogP contribution in [0.4, 0.5) is 11.5 Å². The van der Waals surface area contributed by atoms with Gasteiger partial charge in [-0.2, -0.15) is 0 Å². The Kier molecular flexibility index (Phi) is 9.15. The Hall–Kier alpha value is -3.60. The molecule has 1 saturated heterocycles. The van der Waals surface area contributed by atoms with Crippen LogP contribution in [0.25, 0.3) is 11.4 Å². The summed E-state index contributed by atoms with van der Waals surface area (Å²) in [6, 6.07) is 9.41. The second kappa shape index (κ2) is 12.9. The largest absolute Gasteiger partial charge is 0.379 e. The third-order valence-corrected chi connectivity index (χ3v) is 6.21. The molecule has 4 rings (SSSR count). The summed E-state index contributed by atoms with van der Waals surface area (Å²) in [6.07, 6.45) is 8.56. The number of amides is 1. The zero-order valence-corrected chi connectivity index (χ0v) is 21.0. The van der Waals surface area contributed by atoms with Crippen molar-refractivity contribution in [3.8, 4) is 11.4 Å². The normalized spacial score (nSPS) is 16.6. The molecule has 9 nitrogen and oxygen atoms in total. The molecule has 0 unspecified atom stereocenters. The topological polar surface area (TPSA) is 104 Å². The number of aromatic nitrogens is 2. The number of nitrogens with one attached hydrogen (secondary N) is 2. The molecule has 1 aromatic heterocycles. The monoisotopic (exact) mass is 507 g/mol. The van der Waals surface area contributed by atoms with Gasteiger partial charge in [0.25, 0.3) is 0 Å². The minimum absolute atomic E-state index is 0. The van der Waals surface area contributed by atoms with Crippen LogP contribution in [0, 0.1) is 0 Å². The van der Waals surface area contributed by atoms with E-state index in [-0.39, 0.29) is 8.76 Å². The van der Waals surface area contributed by atoms with Crippen molar-refractivity contribution in [1.82, 2.24) is 14.9 Å². The molecule has 2 aliphatic rings. The first-order chi connectivity index (χ1) is 17.6. The Balaban J connectivity index is 0.00000253. The zero-order chi connectivity index (χ0) is 25.2. The molecule has 0 atom stereocenters. The van der Waals surface area contributed by atoms with Crippen molar-refractivity contribution in [2.75, 3.05) is 42.7 Å². The Morgan fingerprint density at radius 2 is 2.17 bits per heavy atom. The number of allylic oxidation sites excluding steroid dienone is 2. The molecule has 0 bridgehead atoms. The van der Waals surface area contributed by atoms with Crippen LogP contribution in [-0.2, 0) is 16.1 Å². The third kappa shape index (κ3) is 7.45. The number of hydrogen-bond donors (Lipinski definition) is 2. The fourth-order valence-corrected chi connectivity index (χ4v) is 4.22. The van der Waals surface area contributed by atoms with Crippen LogP contribution in [0.15, 0.2) is 76.4 Å². The van der Waals surface area contributed by atoms with Crippen LogP contribution >= 0.6 is 11.8 Å². The maximum atomic E-state index is 11.8. The summed E-state index contributed by atoms with van der Waals surface area (Å²) in [5, 5.41) is 7.00. The predicted molar refractivity (Wildman–Crippen MR) is 152 cm³/mol. The lowest BCUT2D eigenvalue weighted by molar-refractivity contribution is -0.111. The highest BCUT2D eigenvalue weighted by Crippen LogP contribution is 2.25. The van der Waals surface area contributed by atoms with E-state index in [0.29, 0.717) is 42.8 Å². The van der Waals surface area contributed by atoms with Gasteiger partial charge in [0.1, 0.15) is 16.7 Å². The molecule has 1 fully saturated rings. The van der Waals surface area contributed by atoms with Crippen molar-refractivity contribution in [2.24, 2.45) is 9.98 Å². The number of anilines is 2. The van der Waals surface area contributed by atoms with Gasteiger partial charge in [0, 0.05) is 46.0 Å². The molecule has 1 aromatic carbocycles. The number of hydrogen-bond acceptors (Lipinski definition) is 9. The van der Waals surface area contributed by atoms with E-state index in [1.54, 1.807) is 24.2 Å². The fraction of sp³-hybridized carbons (Fsp3) is 0.269. The molecule has 10 heteroatoms. The quantitative estimate of drug-likeness (QED) is 0.398. The van der Waals surface area contributed by atoms with Crippen LogP contribution < -0.4 is 10.6 Å². The molecule has 0 saturated carbocycles. The number of aliphatic imine (C=N–C) groups is 2. The van der Waals surface area contributed by atoms with E-state index in [9.17, 15) is 4.79 Å². The summed E-state index contributed by atoms with van der Waals surface area (Å²) in [4.78, 5) is 32.6. The van der Waals surface area contributed by atoms with Gasteiger partial charge in [-0.1, -0.05) is 36.5 Å². The minimum Gasteiger partial charge on any atom is -0.379 e. The second-order valence-electron chi connectivity index (χ2n) is 7.99. The molecular formula is C26H33N7O2S. The lowest BCUT2D eigenvalue weighted by Gasteiger charge is -2.26. The average Bonchev–Trinajstić information content (AvgIpc) is 2.90. The maximum Gasteiger partial charge on any atom is 0.247 e. The van der Waals surface area contributed by atoms with E-state index in [1.807, 2.05) is 49.4 Å². The summed E-state index contributed by atoms with van der Waals surface area (Å²) >= 11 is 1.61. The maximum absolute atomic E-state index is 11.8. The highest BCUT2D eigenvalue weighted by atomic mass is 32.2. The third-order valence-electron chi connectivity index (χ3n) is 5.28. The Bertz CT molecular complexity index is 1230. The number of nitrogens with zero attached hydrogens (tertiary/aromatic N) is 5. The van der Waals surface area contributed by atoms with E-state index in [0.717, 1.165) is 35.2 Å². The number of thioether (sulfide) groups is 1. The van der Waals surface area contributed by atoms with Gasteiger partial charge in [-0.15, -0.1) is 0 Å². The first-order valence-corrected chi connectivity index (χ1v) is 12.7. The Morgan fingerprint density at radius 3 is 2.92 bits per heavy atom. The summed E-state index contributed by atoms with van der Waals surface area (Å²) < 4.78 is 5.48. The molecule has 2 N–H and O–H groups in total. The van der Waals surface area contributed by atoms with Gasteiger partial charge >= 0.3 is 0 Å². The van der Waals surface area contributed by atoms with Gasteiger partial charge in [0.05, 0.1) is 30.9 Å². The van der Waals surface area contributed by atoms with Gasteiger partial charge < -0.3 is 15.4 Å². The fourth-order valence-electron chi connectivity index (χ4n) is 3.53. The molecular weight excluding hydrogens is 474 g/mol. The van der Waals surface area contributed by atoms with Crippen LogP contribution in [0.1, 0.15) is 15.5 Å². The van der Waals surface area contributed by atoms with Crippen molar-refractivity contribution in [3.63, 3.8) is 0 Å². The second-order valence-corrected chi connectivity index (χ2v) is 8.99. The predicted octanol–water partition coefficient (Wildman–Crippen LogP) is 4.60. The van der Waals surface area contributed by atoms with Crippen molar-refractivity contribution >= 4 is 41.2 Å². The minimum atomic E-state index is -0.272. The van der Waals surface area contributed by atoms with Crippen LogP contribution in [-0.4, -0.2) is 64.9 Å². The van der Waals surface area contributed by atoms with Gasteiger partial charge in [-0.05, 0) is 31.2 Å². The lowest BCUT2D eigenvalue weighted by atomic mass is 10.1. The average molecular weight is 508 g/mol. The number of benzene rings is 1. The number of ether oxygens (including phenoxy) is 1. The van der Waals surface area contributed by atoms with E-state index in [2.05, 4.69) is 32.1 Å². The summed E-state index contributed by atoms with van der Waals surface area (Å²) in [7, 11) is 0. The number of rotatable bonds is 8. The number of carbonyl (C=O) groups is 1. The van der Waals surface area contributed by atoms with Crippen molar-refractivity contribution in [3.05, 3.63) is 72.1 Å². The molecule has 2 aliphatic heterocycles. The Morgan fingerprint density at radius 1 is 1.31 bits per heavy atom. The molecule has 1 amide bonds. The molecule has 0 aliphatic carbocycles. The highest BCUT2D eigenvalue weighted by Gasteiger charge is 2.16. The summed E-state index contributed by atoms with van der Waals surface area (Å²) in [6.45, 7) is 9.29. The lowest BCUT2D eigenvalue weighted by Crippen LogP contribution is -2.36. The van der Waals surface area contributed by atoms with Crippen LogP contribution in [0.5, 0.6) is 0 Å². The zero-order valence-electron chi connectivity index (χ0n) is 20.2. The van der Waals surface area contributed by atoms with Gasteiger partial charge in [0.15, 0.2) is 5.82 Å². The highest BCUT2D eigenvalue weighted by molar-refractivity contribution is 8.03. The molecule has 190 valence electrons. The first-order valence-electron chi connectivity index (χ1n) is 11.7. The molecule has 36 heavy (non-hydrogen) atoms. The SMILES string of the molecule is C=CC(=O)Nc1cccc(-c2nc(CN3CCOCC3)cc(NC3=NC=C(/N=C\C=C/C)SC3)n2)c1.[HH].[HH]. The molecule has 0 spiro atoms. The van der Waals surface area contributed by atoms with E-state index in [4.69, 9.17) is 14.7 Å². The van der Waals surface area contributed by atoms with Crippen LogP contribution in [0.3, 0.4) is 0 Å². The Labute approximate surface area is 218 Å². The van der Waals surface area contributed by atoms with E-state index in [1.165, 1.54) is 6.08 Å². The molecule has 0 radical (unpaired) electrons. The van der Waals surface area contributed by atoms with Gasteiger partial charge in [0.2, 0.25) is 5.91 Å². The van der Waals surface area contributed by atoms with Crippen molar-refractivity contribution < 1.29 is 12.4 Å². The summed E-state index contributed by atoms with van der Waals surface area (Å²) in [5.74, 6) is 2.40. The first kappa shape index (κ1) is 25.5. The van der Waals surface area contributed by atoms with E-state index < -0.39 is 0 Å². The van der Waals surface area contributed by atoms with Crippen LogP contribution in [0.2, 0.25) is 0 Å². The standard InChI is InChI=1S/C26H29N7O2S.2H2/c1-3-5-9-27-25-16-28-23(18-36-25)31-22-15-21(17-33-10-12-35-13-11-33)30-26(32-22)19-7-6-8-20(14-19)29-24(34)4-2;;/h3-9,14-16H,2,10-13,17-18H2,1H3,(H,29,34)(H,28,30,31,32);2*1H/b5-3-,27-9-;;. The van der Waals surface area contributed by atoms with Crippen molar-refractivity contribution in [1.29, 1.82) is 0 Å². The summed E-state index contributed by atoms with van der Waals surface area (Å²) in [5.41, 5.74) is 2.34. The van der Waals surface area contributed by atoms with Gasteiger partial charge in [-0.3, -0.25) is 9.69 Å². The smallest absolute Gasteiger partial charge is 0.247 e. The number of morpholine rings is 1. The molecule has 3 heterocycles. The number of amidine groups is 1. The molecule has 2 aromatic rings. The number of carbonyl (C=O) groups excluding carboxylic acids is 1. The van der Waals surface area contributed by atoms with E-state index >= 15 is 0 Å². The van der Waals surface area contributed by atoms with Gasteiger partial charge in [-0.25, -0.2) is 20.0 Å². The van der Waals surface area contributed by atoms with Crippen molar-refractivity contribution in [2.45, 2.75) is 13.5 Å².